The van der Waals surface area contributed by atoms with Crippen molar-refractivity contribution in [2.45, 2.75) is 37.4 Å². The van der Waals surface area contributed by atoms with Gasteiger partial charge in [-0.05, 0) is 59.7 Å². The van der Waals surface area contributed by atoms with E-state index in [9.17, 15) is 35.9 Å². The zero-order valence-corrected chi connectivity index (χ0v) is 25.0. The summed E-state index contributed by atoms with van der Waals surface area (Å²) >= 11 is 0. The molecule has 48 heavy (non-hydrogen) atoms. The van der Waals surface area contributed by atoms with Gasteiger partial charge in [0.25, 0.3) is 0 Å². The molecule has 2 fully saturated rings. The number of ether oxygens (including phenoxy) is 6. The summed E-state index contributed by atoms with van der Waals surface area (Å²) in [7, 11) is 0. The predicted octanol–water partition coefficient (Wildman–Crippen LogP) is 7.30. The summed E-state index contributed by atoms with van der Waals surface area (Å²) < 4.78 is 115. The van der Waals surface area contributed by atoms with Crippen LogP contribution in [0.15, 0.2) is 72.8 Å². The Labute approximate surface area is 270 Å². The fourth-order valence-corrected chi connectivity index (χ4v) is 4.35. The third-order valence-corrected chi connectivity index (χ3v) is 6.92. The molecule has 5 rings (SSSR count). The molecule has 2 aliphatic heterocycles. The van der Waals surface area contributed by atoms with Gasteiger partial charge in [-0.2, -0.15) is 26.3 Å². The molecule has 0 aromatic heterocycles. The maximum Gasteiger partial charge on any atom is 0.420 e. The van der Waals surface area contributed by atoms with Crippen LogP contribution in [0.1, 0.15) is 35.1 Å². The third kappa shape index (κ3) is 10.3. The Hall–Kier alpha value is -4.82. The van der Waals surface area contributed by atoms with Gasteiger partial charge in [0, 0.05) is 25.0 Å². The quantitative estimate of drug-likeness (QED) is 0.0577. The summed E-state index contributed by atoms with van der Waals surface area (Å²) in [4.78, 5) is 24.8. The van der Waals surface area contributed by atoms with Gasteiger partial charge in [-0.25, -0.2) is 9.59 Å². The zero-order valence-electron chi connectivity index (χ0n) is 25.0. The summed E-state index contributed by atoms with van der Waals surface area (Å²) in [5, 5.41) is 0. The summed E-state index contributed by atoms with van der Waals surface area (Å²) in [5.74, 6) is -4.52. The molecule has 2 heterocycles. The fourth-order valence-electron chi connectivity index (χ4n) is 4.35. The minimum atomic E-state index is -5.65. The van der Waals surface area contributed by atoms with Crippen molar-refractivity contribution in [2.75, 3.05) is 26.4 Å². The number of hydrogen-bond acceptors (Lipinski definition) is 8. The van der Waals surface area contributed by atoms with Crippen LogP contribution in [0.5, 0.6) is 23.0 Å². The zero-order chi connectivity index (χ0) is 34.3. The Morgan fingerprint density at radius 2 is 0.979 bits per heavy atom. The van der Waals surface area contributed by atoms with Gasteiger partial charge < -0.3 is 28.4 Å². The maximum absolute atomic E-state index is 14.1. The maximum atomic E-state index is 14.1. The van der Waals surface area contributed by atoms with Crippen molar-refractivity contribution in [3.05, 3.63) is 95.1 Å². The van der Waals surface area contributed by atoms with Gasteiger partial charge in [0.05, 0.1) is 38.6 Å². The van der Waals surface area contributed by atoms with Crippen LogP contribution in [-0.2, 0) is 31.4 Å². The number of carbonyl (C=O) groups is 2. The number of esters is 2. The van der Waals surface area contributed by atoms with E-state index >= 15 is 0 Å². The van der Waals surface area contributed by atoms with Crippen molar-refractivity contribution in [2.24, 2.45) is 0 Å². The fraction of sp³-hybridized carbons (Fsp3) is 0.294. The predicted molar refractivity (Wildman–Crippen MR) is 158 cm³/mol. The van der Waals surface area contributed by atoms with Gasteiger partial charge >= 0.3 is 24.3 Å². The van der Waals surface area contributed by atoms with Crippen LogP contribution >= 0.6 is 0 Å². The SMILES string of the molecule is O=C(/C=C/c1ccc(OCCC2CO2)cc1)Oc1ccc(OC(=O)/C=C/c2ccc(OCCC3CO3)cc2)c(C(F)(F)F)c1C(F)(F)F. The van der Waals surface area contributed by atoms with Crippen LogP contribution in [-0.4, -0.2) is 50.6 Å². The van der Waals surface area contributed by atoms with Gasteiger partial charge in [0.15, 0.2) is 0 Å². The highest BCUT2D eigenvalue weighted by Crippen LogP contribution is 2.49. The van der Waals surface area contributed by atoms with E-state index in [-0.39, 0.29) is 12.2 Å². The number of halogens is 6. The number of benzene rings is 3. The monoisotopic (exact) mass is 678 g/mol. The second kappa shape index (κ2) is 14.9. The van der Waals surface area contributed by atoms with Gasteiger partial charge in [-0.15, -0.1) is 0 Å². The van der Waals surface area contributed by atoms with Crippen molar-refractivity contribution in [3.8, 4) is 23.0 Å². The Bertz CT molecular complexity index is 1520. The van der Waals surface area contributed by atoms with Crippen molar-refractivity contribution in [1.82, 2.24) is 0 Å². The minimum absolute atomic E-state index is 0.199. The number of hydrogen-bond donors (Lipinski definition) is 0. The molecule has 0 saturated carbocycles. The van der Waals surface area contributed by atoms with Crippen LogP contribution in [0.25, 0.3) is 12.2 Å². The number of carbonyl (C=O) groups excluding carboxylic acids is 2. The second-order valence-corrected chi connectivity index (χ2v) is 10.6. The molecule has 2 aliphatic rings. The van der Waals surface area contributed by atoms with Crippen molar-refractivity contribution in [3.63, 3.8) is 0 Å². The Morgan fingerprint density at radius 1 is 0.625 bits per heavy atom. The van der Waals surface area contributed by atoms with Crippen LogP contribution < -0.4 is 18.9 Å². The summed E-state index contributed by atoms with van der Waals surface area (Å²) in [6.45, 7) is 2.27. The first-order chi connectivity index (χ1) is 22.8. The third-order valence-electron chi connectivity index (χ3n) is 6.92. The summed E-state index contributed by atoms with van der Waals surface area (Å²) in [6.07, 6.45) is -5.53. The Balaban J connectivity index is 1.25. The van der Waals surface area contributed by atoms with Crippen molar-refractivity contribution in [1.29, 1.82) is 0 Å². The van der Waals surface area contributed by atoms with E-state index in [1.165, 1.54) is 12.2 Å². The van der Waals surface area contributed by atoms with Crippen LogP contribution in [0.2, 0.25) is 0 Å². The molecule has 3 aromatic rings. The van der Waals surface area contributed by atoms with E-state index in [1.54, 1.807) is 48.5 Å². The molecule has 0 amide bonds. The van der Waals surface area contributed by atoms with E-state index in [2.05, 4.69) is 0 Å². The number of alkyl halides is 6. The van der Waals surface area contributed by atoms with Crippen molar-refractivity contribution >= 4 is 24.1 Å². The molecule has 0 bridgehead atoms. The van der Waals surface area contributed by atoms with Crippen LogP contribution in [0, 0.1) is 0 Å². The molecular weight excluding hydrogens is 650 g/mol. The number of rotatable bonds is 14. The molecule has 3 aromatic carbocycles. The second-order valence-electron chi connectivity index (χ2n) is 10.6. The van der Waals surface area contributed by atoms with E-state index in [0.29, 0.717) is 61.2 Å². The average molecular weight is 679 g/mol. The molecule has 0 N–H and O–H groups in total. The topological polar surface area (TPSA) is 96.1 Å². The standard InChI is InChI=1S/C34H28F6O8/c35-33(36,37)31-27(47-29(41)13-5-21-1-7-23(8-2-21)43-17-15-25-19-45-25)11-12-28(32(31)34(38,39)40)48-30(42)14-6-22-3-9-24(10-4-22)44-18-16-26-20-46-26/h1-14,25-26H,15-20H2/b13-5+,14-6+. The lowest BCUT2D eigenvalue weighted by atomic mass is 10.0. The Morgan fingerprint density at radius 3 is 1.29 bits per heavy atom. The van der Waals surface area contributed by atoms with Crippen molar-refractivity contribution < 1.29 is 64.4 Å². The first kappa shape index (κ1) is 34.5. The normalized spacial score (nSPS) is 17.4. The summed E-state index contributed by atoms with van der Waals surface area (Å²) in [6, 6.07) is 13.6. The smallest absolute Gasteiger partial charge is 0.420 e. The average Bonchev–Trinajstić information content (AvgIpc) is 3.97. The highest BCUT2D eigenvalue weighted by Gasteiger charge is 2.48. The van der Waals surface area contributed by atoms with Gasteiger partial charge in [0.2, 0.25) is 0 Å². The van der Waals surface area contributed by atoms with Crippen LogP contribution in [0.3, 0.4) is 0 Å². The van der Waals surface area contributed by atoms with Crippen LogP contribution in [0.4, 0.5) is 26.3 Å². The molecule has 2 unspecified atom stereocenters. The number of epoxide rings is 2. The largest absolute Gasteiger partial charge is 0.493 e. The molecule has 2 saturated heterocycles. The van der Waals surface area contributed by atoms with E-state index in [1.807, 2.05) is 0 Å². The highest BCUT2D eigenvalue weighted by molar-refractivity contribution is 5.90. The first-order valence-electron chi connectivity index (χ1n) is 14.7. The molecule has 14 heteroatoms. The van der Waals surface area contributed by atoms with Gasteiger partial charge in [-0.1, -0.05) is 24.3 Å². The molecule has 2 atom stereocenters. The molecule has 0 aliphatic carbocycles. The molecule has 8 nitrogen and oxygen atoms in total. The Kier molecular flexibility index (Phi) is 10.7. The lowest BCUT2D eigenvalue weighted by molar-refractivity contribution is -0.164. The van der Waals surface area contributed by atoms with Gasteiger partial charge in [0.1, 0.15) is 34.1 Å². The lowest BCUT2D eigenvalue weighted by Gasteiger charge is -2.21. The van der Waals surface area contributed by atoms with Gasteiger partial charge in [-0.3, -0.25) is 0 Å². The van der Waals surface area contributed by atoms with E-state index in [0.717, 1.165) is 25.0 Å². The minimum Gasteiger partial charge on any atom is -0.493 e. The molecule has 0 radical (unpaired) electrons. The molecular formula is C34H28F6O8. The molecule has 0 spiro atoms. The van der Waals surface area contributed by atoms with E-state index < -0.39 is 46.9 Å². The summed E-state index contributed by atoms with van der Waals surface area (Å²) in [5.41, 5.74) is -3.77. The molecule has 254 valence electrons. The highest BCUT2D eigenvalue weighted by atomic mass is 19.4. The van der Waals surface area contributed by atoms with E-state index in [4.69, 9.17) is 28.4 Å². The lowest BCUT2D eigenvalue weighted by Crippen LogP contribution is -2.21. The first-order valence-corrected chi connectivity index (χ1v) is 14.7.